The minimum Gasteiger partial charge on any atom is -0.306 e. The Balaban J connectivity index is 1.89. The molecule has 0 spiro atoms. The molecule has 5 heteroatoms. The van der Waals surface area contributed by atoms with Gasteiger partial charge in [0.25, 0.3) is 0 Å². The first kappa shape index (κ1) is 14.9. The number of rotatable bonds is 4. The van der Waals surface area contributed by atoms with Gasteiger partial charge in [-0.1, -0.05) is 12.1 Å². The lowest BCUT2D eigenvalue weighted by atomic mass is 10.2. The molecule has 0 saturated carbocycles. The van der Waals surface area contributed by atoms with Crippen LogP contribution < -0.4 is 4.57 Å². The minimum atomic E-state index is -0.219. The van der Waals surface area contributed by atoms with Crippen LogP contribution in [0.15, 0.2) is 54.7 Å². The molecule has 2 aromatic heterocycles. The number of para-hydroxylation sites is 2. The van der Waals surface area contributed by atoms with Crippen LogP contribution in [-0.2, 0) is 6.54 Å². The van der Waals surface area contributed by atoms with Crippen LogP contribution in [0.2, 0.25) is 0 Å². The number of hydrogen-bond donors (Lipinski definition) is 1. The molecule has 4 rings (SSSR count). The number of fused-ring (bicyclic) bond motifs is 3. The fourth-order valence-corrected chi connectivity index (χ4v) is 3.10. The molecule has 0 bridgehead atoms. The quantitative estimate of drug-likeness (QED) is 0.574. The van der Waals surface area contributed by atoms with Crippen molar-refractivity contribution in [3.63, 3.8) is 0 Å². The van der Waals surface area contributed by atoms with E-state index in [1.165, 1.54) is 17.6 Å². The highest BCUT2D eigenvalue weighted by Crippen LogP contribution is 2.22. The Morgan fingerprint density at radius 1 is 1.08 bits per heavy atom. The van der Waals surface area contributed by atoms with Gasteiger partial charge in [-0.25, -0.2) is 13.9 Å². The van der Waals surface area contributed by atoms with Crippen molar-refractivity contribution in [1.29, 1.82) is 0 Å². The van der Waals surface area contributed by atoms with E-state index in [4.69, 9.17) is 0 Å². The predicted octanol–water partition coefficient (Wildman–Crippen LogP) is 3.08. The van der Waals surface area contributed by atoms with Gasteiger partial charge in [0.1, 0.15) is 28.7 Å². The Morgan fingerprint density at radius 2 is 1.83 bits per heavy atom. The van der Waals surface area contributed by atoms with Gasteiger partial charge >= 0.3 is 5.78 Å². The van der Waals surface area contributed by atoms with E-state index >= 15 is 0 Å². The van der Waals surface area contributed by atoms with Crippen molar-refractivity contribution in [3.05, 3.63) is 60.5 Å². The lowest BCUT2D eigenvalue weighted by Gasteiger charge is -2.07. The van der Waals surface area contributed by atoms with Crippen LogP contribution in [0, 0.1) is 5.82 Å². The number of halogens is 1. The third-order valence-corrected chi connectivity index (χ3v) is 4.35. The number of benzene rings is 2. The highest BCUT2D eigenvalue weighted by Gasteiger charge is 2.21. The van der Waals surface area contributed by atoms with Crippen LogP contribution in [0.4, 0.5) is 4.39 Å². The number of H-pyrrole nitrogens is 1. The van der Waals surface area contributed by atoms with E-state index < -0.39 is 0 Å². The predicted molar refractivity (Wildman–Crippen MR) is 93.4 cm³/mol. The zero-order valence-corrected chi connectivity index (χ0v) is 13.8. The largest absolute Gasteiger partial charge is 0.368 e. The maximum absolute atomic E-state index is 13.2. The number of hydrogen-bond acceptors (Lipinski definition) is 1. The summed E-state index contributed by atoms with van der Waals surface area (Å²) in [5.41, 5.74) is 4.32. The number of nitrogens with one attached hydrogen (secondary N) is 1. The average Bonchev–Trinajstić information content (AvgIpc) is 3.11. The lowest BCUT2D eigenvalue weighted by molar-refractivity contribution is -0.647. The molecule has 122 valence electrons. The number of aromatic amines is 1. The smallest absolute Gasteiger partial charge is 0.306 e. The Labute approximate surface area is 139 Å². The summed E-state index contributed by atoms with van der Waals surface area (Å²) in [7, 11) is 4.16. The Kier molecular flexibility index (Phi) is 3.58. The molecule has 0 amide bonds. The first-order chi connectivity index (χ1) is 11.6. The number of aromatic nitrogens is 3. The van der Waals surface area contributed by atoms with Crippen LogP contribution in [-0.4, -0.2) is 34.9 Å². The van der Waals surface area contributed by atoms with Gasteiger partial charge in [-0.3, -0.25) is 0 Å². The van der Waals surface area contributed by atoms with E-state index in [9.17, 15) is 4.39 Å². The summed E-state index contributed by atoms with van der Waals surface area (Å²) in [6.07, 6.45) is 2.08. The summed E-state index contributed by atoms with van der Waals surface area (Å²) in [4.78, 5) is 5.67. The molecule has 0 atom stereocenters. The molecule has 0 aliphatic heterocycles. The molecule has 0 unspecified atom stereocenters. The second-order valence-electron chi connectivity index (χ2n) is 6.31. The minimum absolute atomic E-state index is 0.219. The second-order valence-corrected chi connectivity index (χ2v) is 6.31. The van der Waals surface area contributed by atoms with Gasteiger partial charge < -0.3 is 4.90 Å². The van der Waals surface area contributed by atoms with Crippen LogP contribution in [0.1, 0.15) is 0 Å². The zero-order valence-electron chi connectivity index (χ0n) is 13.8. The summed E-state index contributed by atoms with van der Waals surface area (Å²) < 4.78 is 17.6. The van der Waals surface area contributed by atoms with E-state index in [1.54, 1.807) is 12.1 Å². The van der Waals surface area contributed by atoms with Crippen molar-refractivity contribution >= 4 is 16.8 Å². The Hall–Kier alpha value is -2.66. The Bertz CT molecular complexity index is 995. The first-order valence-electron chi connectivity index (χ1n) is 8.06. The van der Waals surface area contributed by atoms with Gasteiger partial charge in [-0.2, -0.15) is 4.40 Å². The standard InChI is InChI=1S/C19H19FN4/c1-22(2)11-12-23-17-5-3-4-6-18(17)24-13-16(21-19(23)24)14-7-9-15(20)10-8-14/h3-10,13H,11-12H2,1-2H3/p+1. The number of likely N-dealkylation sites (N-methyl/N-ethyl adjacent to an activating group) is 1. The molecule has 0 aliphatic rings. The second kappa shape index (κ2) is 5.76. The molecular weight excluding hydrogens is 303 g/mol. The molecular formula is C19H20FN4+. The molecule has 0 fully saturated rings. The normalized spacial score (nSPS) is 11.8. The van der Waals surface area contributed by atoms with Gasteiger partial charge in [0.2, 0.25) is 0 Å². The molecule has 4 aromatic rings. The van der Waals surface area contributed by atoms with Gasteiger partial charge in [0.05, 0.1) is 6.54 Å². The van der Waals surface area contributed by atoms with Gasteiger partial charge in [0.15, 0.2) is 0 Å². The molecule has 24 heavy (non-hydrogen) atoms. The van der Waals surface area contributed by atoms with E-state index in [-0.39, 0.29) is 5.82 Å². The Morgan fingerprint density at radius 3 is 2.58 bits per heavy atom. The highest BCUT2D eigenvalue weighted by atomic mass is 19.1. The third kappa shape index (κ3) is 2.47. The number of nitrogens with zero attached hydrogens (tertiary/aromatic N) is 3. The first-order valence-corrected chi connectivity index (χ1v) is 8.06. The highest BCUT2D eigenvalue weighted by molar-refractivity contribution is 5.76. The van der Waals surface area contributed by atoms with Crippen LogP contribution in [0.3, 0.4) is 0 Å². The molecule has 1 N–H and O–H groups in total. The monoisotopic (exact) mass is 323 g/mol. The van der Waals surface area contributed by atoms with Crippen molar-refractivity contribution in [2.75, 3.05) is 20.6 Å². The number of imidazole rings is 2. The summed E-state index contributed by atoms with van der Waals surface area (Å²) in [6, 6.07) is 15.0. The molecule has 4 nitrogen and oxygen atoms in total. The van der Waals surface area contributed by atoms with Gasteiger partial charge in [-0.15, -0.1) is 0 Å². The fourth-order valence-electron chi connectivity index (χ4n) is 3.10. The van der Waals surface area contributed by atoms with E-state index in [0.717, 1.165) is 35.6 Å². The van der Waals surface area contributed by atoms with Crippen LogP contribution >= 0.6 is 0 Å². The maximum Gasteiger partial charge on any atom is 0.368 e. The van der Waals surface area contributed by atoms with Crippen molar-refractivity contribution in [2.24, 2.45) is 0 Å². The van der Waals surface area contributed by atoms with Gasteiger partial charge in [0, 0.05) is 12.1 Å². The molecule has 0 radical (unpaired) electrons. The van der Waals surface area contributed by atoms with Crippen LogP contribution in [0.25, 0.3) is 28.1 Å². The van der Waals surface area contributed by atoms with Crippen molar-refractivity contribution in [3.8, 4) is 11.3 Å². The van der Waals surface area contributed by atoms with E-state index in [0.29, 0.717) is 0 Å². The summed E-state index contributed by atoms with van der Waals surface area (Å²) in [6.45, 7) is 1.85. The van der Waals surface area contributed by atoms with Crippen molar-refractivity contribution < 1.29 is 8.96 Å². The summed E-state index contributed by atoms with van der Waals surface area (Å²) in [5.74, 6) is 0.820. The zero-order chi connectivity index (χ0) is 16.7. The van der Waals surface area contributed by atoms with Crippen molar-refractivity contribution in [2.45, 2.75) is 6.54 Å². The topological polar surface area (TPSA) is 27.3 Å². The molecule has 0 saturated heterocycles. The summed E-state index contributed by atoms with van der Waals surface area (Å²) in [5, 5.41) is 0. The fraction of sp³-hybridized carbons (Fsp3) is 0.211. The summed E-state index contributed by atoms with van der Waals surface area (Å²) >= 11 is 0. The molecule has 0 aliphatic carbocycles. The molecule has 2 aromatic carbocycles. The lowest BCUT2D eigenvalue weighted by Crippen LogP contribution is -2.38. The third-order valence-electron chi connectivity index (χ3n) is 4.35. The SMILES string of the molecule is CN(C)CC[n+]1c2ccccc2n2cc(-c3ccc(F)cc3)[nH]c21. The van der Waals surface area contributed by atoms with Gasteiger partial charge in [-0.05, 0) is 50.5 Å². The average molecular weight is 323 g/mol. The van der Waals surface area contributed by atoms with E-state index in [2.05, 4.69) is 63.4 Å². The van der Waals surface area contributed by atoms with Crippen LogP contribution in [0.5, 0.6) is 0 Å². The maximum atomic E-state index is 13.2. The van der Waals surface area contributed by atoms with Crippen molar-refractivity contribution in [1.82, 2.24) is 14.3 Å². The molecule has 2 heterocycles. The van der Waals surface area contributed by atoms with E-state index in [1.807, 2.05) is 0 Å².